The summed E-state index contributed by atoms with van der Waals surface area (Å²) < 4.78 is 7.03. The van der Waals surface area contributed by atoms with Crippen LogP contribution in [0, 0.1) is 0 Å². The Kier molecular flexibility index (Phi) is 3.99. The Labute approximate surface area is 145 Å². The lowest BCUT2D eigenvalue weighted by Gasteiger charge is -2.23. The van der Waals surface area contributed by atoms with E-state index in [1.54, 1.807) is 10.9 Å². The first kappa shape index (κ1) is 15.8. The molecule has 1 atom stereocenters. The van der Waals surface area contributed by atoms with E-state index in [9.17, 15) is 4.79 Å². The quantitative estimate of drug-likeness (QED) is 0.730. The molecular weight excluding hydrogens is 318 g/mol. The van der Waals surface area contributed by atoms with Gasteiger partial charge in [-0.3, -0.25) is 9.48 Å². The summed E-state index contributed by atoms with van der Waals surface area (Å²) in [6.07, 6.45) is 9.15. The van der Waals surface area contributed by atoms with E-state index in [-0.39, 0.29) is 11.9 Å². The van der Waals surface area contributed by atoms with Crippen LogP contribution < -0.4 is 0 Å². The van der Waals surface area contributed by atoms with Crippen LogP contribution in [0.5, 0.6) is 0 Å². The smallest absolute Gasteiger partial charge is 0.257 e. The fourth-order valence-corrected chi connectivity index (χ4v) is 3.55. The molecule has 7 nitrogen and oxygen atoms in total. The Morgan fingerprint density at radius 3 is 3.04 bits per heavy atom. The van der Waals surface area contributed by atoms with Crippen LogP contribution in [-0.2, 0) is 13.5 Å². The number of hydrogen-bond acceptors (Lipinski definition) is 5. The molecule has 3 aromatic heterocycles. The molecule has 7 heteroatoms. The number of nitrogens with zero attached hydrogens (tertiary/aromatic N) is 5. The average Bonchev–Trinajstić information content (AvgIpc) is 3.33. The maximum absolute atomic E-state index is 13.1. The van der Waals surface area contributed by atoms with Crippen LogP contribution in [0.3, 0.4) is 0 Å². The molecule has 0 spiro atoms. The largest absolute Gasteiger partial charge is 0.336 e. The summed E-state index contributed by atoms with van der Waals surface area (Å²) in [5.41, 5.74) is 3.03. The first-order chi connectivity index (χ1) is 12.2. The van der Waals surface area contributed by atoms with Gasteiger partial charge in [-0.1, -0.05) is 18.5 Å². The highest BCUT2D eigenvalue weighted by molar-refractivity contribution is 5.97. The third-order valence-electron chi connectivity index (χ3n) is 4.76. The van der Waals surface area contributed by atoms with Gasteiger partial charge in [-0.05, 0) is 25.3 Å². The zero-order valence-corrected chi connectivity index (χ0v) is 14.5. The number of likely N-dealkylation sites (tertiary alicyclic amines) is 1. The zero-order valence-electron chi connectivity index (χ0n) is 14.5. The van der Waals surface area contributed by atoms with Crippen LogP contribution in [0.25, 0.3) is 11.1 Å². The second-order valence-corrected chi connectivity index (χ2v) is 6.56. The summed E-state index contributed by atoms with van der Waals surface area (Å²) >= 11 is 0. The van der Waals surface area contributed by atoms with E-state index in [2.05, 4.69) is 22.2 Å². The van der Waals surface area contributed by atoms with Crippen LogP contribution in [0.15, 0.2) is 29.2 Å². The molecule has 1 amide bonds. The molecule has 0 radical (unpaired) electrons. The lowest BCUT2D eigenvalue weighted by Crippen LogP contribution is -2.30. The van der Waals surface area contributed by atoms with Gasteiger partial charge in [0.15, 0.2) is 0 Å². The van der Waals surface area contributed by atoms with E-state index >= 15 is 0 Å². The van der Waals surface area contributed by atoms with Crippen molar-refractivity contribution in [3.63, 3.8) is 0 Å². The van der Waals surface area contributed by atoms with Crippen molar-refractivity contribution in [2.24, 2.45) is 7.05 Å². The van der Waals surface area contributed by atoms with Gasteiger partial charge < -0.3 is 9.42 Å². The van der Waals surface area contributed by atoms with E-state index < -0.39 is 0 Å². The van der Waals surface area contributed by atoms with Crippen molar-refractivity contribution < 1.29 is 9.32 Å². The Morgan fingerprint density at radius 1 is 1.40 bits per heavy atom. The first-order valence-corrected chi connectivity index (χ1v) is 8.71. The van der Waals surface area contributed by atoms with Gasteiger partial charge in [0.1, 0.15) is 0 Å². The second kappa shape index (κ2) is 6.31. The van der Waals surface area contributed by atoms with Gasteiger partial charge in [-0.25, -0.2) is 4.98 Å². The Bertz CT molecular complexity index is 913. The third kappa shape index (κ3) is 2.79. The topological polar surface area (TPSA) is 77.1 Å². The molecule has 130 valence electrons. The van der Waals surface area contributed by atoms with E-state index in [4.69, 9.17) is 4.52 Å². The molecule has 25 heavy (non-hydrogen) atoms. The van der Waals surface area contributed by atoms with Gasteiger partial charge in [0.2, 0.25) is 0 Å². The maximum Gasteiger partial charge on any atom is 0.257 e. The van der Waals surface area contributed by atoms with Gasteiger partial charge in [0, 0.05) is 31.5 Å². The maximum atomic E-state index is 13.1. The van der Waals surface area contributed by atoms with Crippen molar-refractivity contribution in [2.45, 2.75) is 38.6 Å². The first-order valence-electron chi connectivity index (χ1n) is 8.71. The molecular formula is C18H21N5O2. The zero-order chi connectivity index (χ0) is 17.4. The number of carbonyl (C=O) groups is 1. The van der Waals surface area contributed by atoms with E-state index in [1.165, 1.54) is 0 Å². The molecule has 0 saturated carbocycles. The summed E-state index contributed by atoms with van der Waals surface area (Å²) in [4.78, 5) is 19.3. The number of aryl methyl sites for hydroxylation is 2. The van der Waals surface area contributed by atoms with Gasteiger partial charge in [0.05, 0.1) is 28.9 Å². The van der Waals surface area contributed by atoms with Crippen LogP contribution >= 0.6 is 0 Å². The average molecular weight is 339 g/mol. The molecule has 4 heterocycles. The minimum atomic E-state index is 0.00408. The van der Waals surface area contributed by atoms with Crippen molar-refractivity contribution in [1.82, 2.24) is 24.8 Å². The number of aromatic nitrogens is 4. The molecule has 3 aromatic rings. The summed E-state index contributed by atoms with van der Waals surface area (Å²) in [7, 11) is 1.89. The second-order valence-electron chi connectivity index (χ2n) is 6.56. The number of pyridine rings is 1. The number of fused-ring (bicyclic) bond motifs is 1. The van der Waals surface area contributed by atoms with Crippen LogP contribution in [0.4, 0.5) is 0 Å². The van der Waals surface area contributed by atoms with E-state index in [0.717, 1.165) is 48.9 Å². The molecule has 0 aliphatic carbocycles. The fourth-order valence-electron chi connectivity index (χ4n) is 3.55. The summed E-state index contributed by atoms with van der Waals surface area (Å²) in [5.74, 6) is 0.00408. The van der Waals surface area contributed by atoms with Crippen LogP contribution in [-0.4, -0.2) is 37.3 Å². The molecule has 0 bridgehead atoms. The standard InChI is InChI=1S/C18H21N5O2/c1-3-5-15-14-8-12(9-19-17(14)25-21-15)18(24)23-7-4-6-16(23)13-10-20-22(2)11-13/h8-11,16H,3-7H2,1-2H3/t16-/m1/s1. The molecule has 1 saturated heterocycles. The number of carbonyl (C=O) groups excluding carboxylic acids is 1. The molecule has 0 N–H and O–H groups in total. The Hall–Kier alpha value is -2.70. The van der Waals surface area contributed by atoms with Gasteiger partial charge in [-0.2, -0.15) is 5.10 Å². The predicted molar refractivity (Wildman–Crippen MR) is 92.0 cm³/mol. The van der Waals surface area contributed by atoms with Crippen LogP contribution in [0.1, 0.15) is 53.8 Å². The Morgan fingerprint density at radius 2 is 2.28 bits per heavy atom. The van der Waals surface area contributed by atoms with E-state index in [0.29, 0.717) is 11.3 Å². The molecule has 0 aromatic carbocycles. The van der Waals surface area contributed by atoms with Gasteiger partial charge >= 0.3 is 0 Å². The van der Waals surface area contributed by atoms with Crippen molar-refractivity contribution in [3.05, 3.63) is 41.5 Å². The normalized spacial score (nSPS) is 17.5. The third-order valence-corrected chi connectivity index (χ3v) is 4.76. The molecule has 1 aliphatic rings. The molecule has 1 aliphatic heterocycles. The highest BCUT2D eigenvalue weighted by Crippen LogP contribution is 2.33. The minimum absolute atomic E-state index is 0.00408. The lowest BCUT2D eigenvalue weighted by atomic mass is 10.1. The van der Waals surface area contributed by atoms with Crippen LogP contribution in [0.2, 0.25) is 0 Å². The number of rotatable bonds is 4. The van der Waals surface area contributed by atoms with E-state index in [1.807, 2.05) is 30.4 Å². The Balaban J connectivity index is 1.65. The van der Waals surface area contributed by atoms with Crippen molar-refractivity contribution in [2.75, 3.05) is 6.54 Å². The predicted octanol–water partition coefficient (Wildman–Crippen LogP) is 2.89. The highest BCUT2D eigenvalue weighted by Gasteiger charge is 2.31. The van der Waals surface area contributed by atoms with Crippen molar-refractivity contribution in [1.29, 1.82) is 0 Å². The highest BCUT2D eigenvalue weighted by atomic mass is 16.5. The summed E-state index contributed by atoms with van der Waals surface area (Å²) in [6, 6.07) is 1.94. The molecule has 1 fully saturated rings. The number of amides is 1. The number of hydrogen-bond donors (Lipinski definition) is 0. The molecule has 0 unspecified atom stereocenters. The minimum Gasteiger partial charge on any atom is -0.336 e. The molecule has 4 rings (SSSR count). The fraction of sp³-hybridized carbons (Fsp3) is 0.444. The van der Waals surface area contributed by atoms with Crippen molar-refractivity contribution in [3.8, 4) is 0 Å². The van der Waals surface area contributed by atoms with Gasteiger partial charge in [-0.15, -0.1) is 0 Å². The monoisotopic (exact) mass is 339 g/mol. The summed E-state index contributed by atoms with van der Waals surface area (Å²) in [5, 5.41) is 9.15. The summed E-state index contributed by atoms with van der Waals surface area (Å²) in [6.45, 7) is 2.84. The van der Waals surface area contributed by atoms with Gasteiger partial charge in [0.25, 0.3) is 11.6 Å². The lowest BCUT2D eigenvalue weighted by molar-refractivity contribution is 0.0735. The SMILES string of the molecule is CCCc1noc2ncc(C(=O)N3CCC[C@@H]3c3cnn(C)c3)cc12. The van der Waals surface area contributed by atoms with Crippen molar-refractivity contribution >= 4 is 17.0 Å².